The fourth-order valence-corrected chi connectivity index (χ4v) is 2.49. The van der Waals surface area contributed by atoms with Gasteiger partial charge >= 0.3 is 0 Å². The van der Waals surface area contributed by atoms with Gasteiger partial charge in [0.1, 0.15) is 12.4 Å². The molecule has 1 aromatic carbocycles. The van der Waals surface area contributed by atoms with E-state index >= 15 is 0 Å². The van der Waals surface area contributed by atoms with Crippen LogP contribution in [0.2, 0.25) is 0 Å². The van der Waals surface area contributed by atoms with Gasteiger partial charge in [-0.2, -0.15) is 0 Å². The molecule has 0 radical (unpaired) electrons. The normalized spacial score (nSPS) is 17.8. The summed E-state index contributed by atoms with van der Waals surface area (Å²) in [4.78, 5) is 4.06. The van der Waals surface area contributed by atoms with Gasteiger partial charge in [-0.05, 0) is 48.6 Å². The summed E-state index contributed by atoms with van der Waals surface area (Å²) in [5.41, 5.74) is 3.31. The SMILES string of the molecule is O[C@@H]1CCCc2ccc(OCc3cccnc3)cc21. The average molecular weight is 255 g/mol. The molecule has 0 bridgehead atoms. The minimum absolute atomic E-state index is 0.342. The van der Waals surface area contributed by atoms with Gasteiger partial charge in [0.25, 0.3) is 0 Å². The van der Waals surface area contributed by atoms with Gasteiger partial charge in [-0.3, -0.25) is 4.98 Å². The lowest BCUT2D eigenvalue weighted by molar-refractivity contribution is 0.156. The van der Waals surface area contributed by atoms with Crippen molar-refractivity contribution in [3.8, 4) is 5.75 Å². The summed E-state index contributed by atoms with van der Waals surface area (Å²) in [6.07, 6.45) is 6.16. The molecule has 98 valence electrons. The first-order chi connectivity index (χ1) is 9.33. The third-order valence-corrected chi connectivity index (χ3v) is 3.53. The van der Waals surface area contributed by atoms with Gasteiger partial charge in [0.05, 0.1) is 6.10 Å². The van der Waals surface area contributed by atoms with Crippen LogP contribution >= 0.6 is 0 Å². The van der Waals surface area contributed by atoms with Gasteiger partial charge < -0.3 is 9.84 Å². The van der Waals surface area contributed by atoms with E-state index in [-0.39, 0.29) is 6.10 Å². The van der Waals surface area contributed by atoms with Crippen LogP contribution in [0.5, 0.6) is 5.75 Å². The molecular weight excluding hydrogens is 238 g/mol. The number of aromatic nitrogens is 1. The Morgan fingerprint density at radius 1 is 1.32 bits per heavy atom. The predicted octanol–water partition coefficient (Wildman–Crippen LogP) is 3.03. The van der Waals surface area contributed by atoms with Crippen LogP contribution < -0.4 is 4.74 Å². The summed E-state index contributed by atoms with van der Waals surface area (Å²) < 4.78 is 5.76. The monoisotopic (exact) mass is 255 g/mol. The largest absolute Gasteiger partial charge is 0.489 e. The third-order valence-electron chi connectivity index (χ3n) is 3.53. The Morgan fingerprint density at radius 2 is 2.26 bits per heavy atom. The number of fused-ring (bicyclic) bond motifs is 1. The minimum atomic E-state index is -0.342. The third kappa shape index (κ3) is 2.76. The van der Waals surface area contributed by atoms with Crippen LogP contribution in [-0.4, -0.2) is 10.1 Å². The van der Waals surface area contributed by atoms with E-state index in [1.807, 2.05) is 24.3 Å². The highest BCUT2D eigenvalue weighted by Gasteiger charge is 2.18. The number of rotatable bonds is 3. The first-order valence-electron chi connectivity index (χ1n) is 6.65. The molecular formula is C16H17NO2. The molecule has 3 nitrogen and oxygen atoms in total. The van der Waals surface area contributed by atoms with E-state index in [1.165, 1.54) is 5.56 Å². The number of hydrogen-bond acceptors (Lipinski definition) is 3. The number of benzene rings is 1. The van der Waals surface area contributed by atoms with Gasteiger partial charge in [0.2, 0.25) is 0 Å². The van der Waals surface area contributed by atoms with Crippen LogP contribution in [0.1, 0.15) is 35.6 Å². The molecule has 1 aliphatic carbocycles. The Hall–Kier alpha value is -1.87. The second-order valence-corrected chi connectivity index (χ2v) is 4.92. The Morgan fingerprint density at radius 3 is 3.11 bits per heavy atom. The molecule has 2 aromatic rings. The van der Waals surface area contributed by atoms with E-state index in [4.69, 9.17) is 4.74 Å². The van der Waals surface area contributed by atoms with Gasteiger partial charge in [0.15, 0.2) is 0 Å². The van der Waals surface area contributed by atoms with Gasteiger partial charge in [-0.1, -0.05) is 12.1 Å². The zero-order valence-electron chi connectivity index (χ0n) is 10.7. The fraction of sp³-hybridized carbons (Fsp3) is 0.312. The maximum Gasteiger partial charge on any atom is 0.120 e. The highest BCUT2D eigenvalue weighted by molar-refractivity contribution is 5.38. The van der Waals surface area contributed by atoms with Crippen molar-refractivity contribution in [3.63, 3.8) is 0 Å². The van der Waals surface area contributed by atoms with E-state index in [1.54, 1.807) is 12.4 Å². The number of aryl methyl sites for hydroxylation is 1. The molecule has 1 atom stereocenters. The number of hydrogen-bond donors (Lipinski definition) is 1. The van der Waals surface area contributed by atoms with Crippen molar-refractivity contribution in [1.29, 1.82) is 0 Å². The van der Waals surface area contributed by atoms with Crippen LogP contribution in [0.25, 0.3) is 0 Å². The maximum atomic E-state index is 10.0. The van der Waals surface area contributed by atoms with Crippen molar-refractivity contribution in [2.45, 2.75) is 32.0 Å². The topological polar surface area (TPSA) is 42.4 Å². The van der Waals surface area contributed by atoms with Crippen LogP contribution in [0, 0.1) is 0 Å². The minimum Gasteiger partial charge on any atom is -0.489 e. The summed E-state index contributed by atoms with van der Waals surface area (Å²) in [7, 11) is 0. The van der Waals surface area contributed by atoms with Crippen molar-refractivity contribution in [3.05, 3.63) is 59.4 Å². The number of aliphatic hydroxyl groups is 1. The molecule has 1 aliphatic rings. The highest BCUT2D eigenvalue weighted by Crippen LogP contribution is 2.32. The Labute approximate surface area is 112 Å². The molecule has 1 heterocycles. The van der Waals surface area contributed by atoms with Crippen molar-refractivity contribution < 1.29 is 9.84 Å². The maximum absolute atomic E-state index is 10.0. The van der Waals surface area contributed by atoms with Crippen molar-refractivity contribution in [2.75, 3.05) is 0 Å². The van der Waals surface area contributed by atoms with E-state index in [0.717, 1.165) is 36.1 Å². The molecule has 0 amide bonds. The molecule has 0 unspecified atom stereocenters. The van der Waals surface area contributed by atoms with Crippen LogP contribution in [0.15, 0.2) is 42.7 Å². The summed E-state index contributed by atoms with van der Waals surface area (Å²) in [5, 5.41) is 10.0. The highest BCUT2D eigenvalue weighted by atomic mass is 16.5. The van der Waals surface area contributed by atoms with Crippen LogP contribution in [0.4, 0.5) is 0 Å². The molecule has 19 heavy (non-hydrogen) atoms. The lowest BCUT2D eigenvalue weighted by Gasteiger charge is -2.22. The zero-order chi connectivity index (χ0) is 13.1. The summed E-state index contributed by atoms with van der Waals surface area (Å²) in [6, 6.07) is 9.90. The lowest BCUT2D eigenvalue weighted by atomic mass is 9.89. The zero-order valence-corrected chi connectivity index (χ0v) is 10.7. The van der Waals surface area contributed by atoms with Crippen molar-refractivity contribution in [2.24, 2.45) is 0 Å². The molecule has 0 saturated heterocycles. The van der Waals surface area contributed by atoms with Gasteiger partial charge in [0, 0.05) is 18.0 Å². The number of ether oxygens (including phenoxy) is 1. The van der Waals surface area contributed by atoms with Gasteiger partial charge in [-0.15, -0.1) is 0 Å². The van der Waals surface area contributed by atoms with E-state index in [2.05, 4.69) is 11.1 Å². The standard InChI is InChI=1S/C16H17NO2/c18-16-5-1-4-13-6-7-14(9-15(13)16)19-11-12-3-2-8-17-10-12/h2-3,6-10,16,18H,1,4-5,11H2/t16-/m1/s1. The second-order valence-electron chi connectivity index (χ2n) is 4.92. The molecule has 3 rings (SSSR count). The molecule has 0 saturated carbocycles. The van der Waals surface area contributed by atoms with E-state index in [0.29, 0.717) is 6.61 Å². The molecule has 0 spiro atoms. The Bertz CT molecular complexity index is 554. The number of pyridine rings is 1. The smallest absolute Gasteiger partial charge is 0.120 e. The molecule has 0 fully saturated rings. The summed E-state index contributed by atoms with van der Waals surface area (Å²) in [5.74, 6) is 0.809. The van der Waals surface area contributed by atoms with E-state index in [9.17, 15) is 5.11 Å². The van der Waals surface area contributed by atoms with Crippen molar-refractivity contribution in [1.82, 2.24) is 4.98 Å². The summed E-state index contributed by atoms with van der Waals surface area (Å²) in [6.45, 7) is 0.503. The Balaban J connectivity index is 1.74. The first kappa shape index (κ1) is 12.2. The first-order valence-corrected chi connectivity index (χ1v) is 6.65. The second kappa shape index (κ2) is 5.41. The molecule has 3 heteroatoms. The molecule has 1 N–H and O–H groups in total. The number of nitrogens with zero attached hydrogens (tertiary/aromatic N) is 1. The fourth-order valence-electron chi connectivity index (χ4n) is 2.49. The summed E-state index contributed by atoms with van der Waals surface area (Å²) >= 11 is 0. The Kier molecular flexibility index (Phi) is 3.47. The van der Waals surface area contributed by atoms with Crippen molar-refractivity contribution >= 4 is 0 Å². The molecule has 0 aliphatic heterocycles. The predicted molar refractivity (Wildman–Crippen MR) is 72.9 cm³/mol. The lowest BCUT2D eigenvalue weighted by Crippen LogP contribution is -2.09. The average Bonchev–Trinajstić information content (AvgIpc) is 2.47. The van der Waals surface area contributed by atoms with Crippen LogP contribution in [0.3, 0.4) is 0 Å². The van der Waals surface area contributed by atoms with Crippen LogP contribution in [-0.2, 0) is 13.0 Å². The number of aliphatic hydroxyl groups excluding tert-OH is 1. The van der Waals surface area contributed by atoms with Gasteiger partial charge in [-0.25, -0.2) is 0 Å². The van der Waals surface area contributed by atoms with E-state index < -0.39 is 0 Å². The molecule has 1 aromatic heterocycles. The quantitative estimate of drug-likeness (QED) is 0.916.